The highest BCUT2D eigenvalue weighted by Gasteiger charge is 2.33. The Hall–Kier alpha value is -2.49. The molecule has 0 saturated carbocycles. The number of hydroxylamine groups is 2. The highest BCUT2D eigenvalue weighted by atomic mass is 16.7. The molecule has 0 aliphatic carbocycles. The summed E-state index contributed by atoms with van der Waals surface area (Å²) in [4.78, 5) is 65.1. The third-order valence-electron chi connectivity index (χ3n) is 4.39. The lowest BCUT2D eigenvalue weighted by atomic mass is 10.2. The van der Waals surface area contributed by atoms with Crippen molar-refractivity contribution in [2.75, 3.05) is 26.2 Å². The van der Waals surface area contributed by atoms with Crippen LogP contribution in [0.1, 0.15) is 55.1 Å². The number of nitrogens with zero attached hydrogens (tertiary/aromatic N) is 2. The van der Waals surface area contributed by atoms with Gasteiger partial charge in [-0.05, 0) is 25.3 Å². The summed E-state index contributed by atoms with van der Waals surface area (Å²) in [5, 5.41) is 5.53. The van der Waals surface area contributed by atoms with E-state index in [9.17, 15) is 24.0 Å². The molecule has 2 saturated heterocycles. The summed E-state index contributed by atoms with van der Waals surface area (Å²) in [6.45, 7) is 3.57. The molecular formula is C19H30N4O6. The zero-order chi connectivity index (χ0) is 23.2. The van der Waals surface area contributed by atoms with Gasteiger partial charge in [0.25, 0.3) is 11.8 Å². The quantitative estimate of drug-likeness (QED) is 0.285. The molecule has 4 amide bonds. The van der Waals surface area contributed by atoms with Gasteiger partial charge in [-0.3, -0.25) is 24.1 Å². The number of likely N-dealkylation sites (tertiary alicyclic amines) is 1. The molecule has 0 aromatic carbocycles. The number of carbonyl (C=O) groups excluding carboxylic acids is 5. The molecule has 0 spiro atoms. The van der Waals surface area contributed by atoms with Crippen LogP contribution in [0.25, 0.3) is 0 Å². The fourth-order valence-electron chi connectivity index (χ4n) is 3.05. The Bertz CT molecular complexity index is 718. The van der Waals surface area contributed by atoms with Crippen molar-refractivity contribution in [1.29, 1.82) is 0 Å². The molecule has 162 valence electrons. The molecule has 0 radical (unpaired) electrons. The van der Waals surface area contributed by atoms with E-state index in [4.69, 9.17) is 7.58 Å². The molecule has 0 aromatic heterocycles. The minimum atomic E-state index is -1.51. The standard InChI is InChI=1S/C19H30N4O6/c1-13(2)12-22-11-3-4-14(22)19(28)21-9-7-15(24)20-10-8-18(27)29-23-16(25)5-6-17(23)26/h13-14H,3-12H2,1-2H3,(H,20,24)(H,21,28)/i1+1,2+1,12+1D,13+1,14D,22+1. The molecule has 2 aliphatic heterocycles. The van der Waals surface area contributed by atoms with Crippen LogP contribution in [0.4, 0.5) is 0 Å². The van der Waals surface area contributed by atoms with Crippen LogP contribution in [-0.2, 0) is 28.8 Å². The van der Waals surface area contributed by atoms with E-state index in [2.05, 4.69) is 10.6 Å². The van der Waals surface area contributed by atoms with Crippen molar-refractivity contribution in [3.63, 3.8) is 0 Å². The molecule has 2 heterocycles. The number of carbonyl (C=O) groups is 5. The Morgan fingerprint density at radius 2 is 1.83 bits per heavy atom. The summed E-state index contributed by atoms with van der Waals surface area (Å²) in [7, 11) is 0. The second kappa shape index (κ2) is 10.9. The maximum absolute atomic E-state index is 12.5. The van der Waals surface area contributed by atoms with E-state index in [1.165, 1.54) is 0 Å². The molecule has 2 N–H and O–H groups in total. The summed E-state index contributed by atoms with van der Waals surface area (Å²) >= 11 is 0. The molecular weight excluding hydrogens is 385 g/mol. The summed E-state index contributed by atoms with van der Waals surface area (Å²) in [6, 6.07) is -1.51. The van der Waals surface area contributed by atoms with Gasteiger partial charge in [-0.25, -0.2) is 4.79 Å². The molecule has 2 rings (SSSR count). The van der Waals surface area contributed by atoms with Crippen LogP contribution < -0.4 is 10.6 Å². The fraction of sp³-hybridized carbons (Fsp3) is 0.737. The smallest absolute Gasteiger partial charge is 0.334 e. The lowest BCUT2D eigenvalue weighted by molar-refractivity contribution is -0.197. The van der Waals surface area contributed by atoms with Crippen molar-refractivity contribution >= 4 is 29.6 Å². The normalized spacial score (nSPS) is 24.3. The van der Waals surface area contributed by atoms with Gasteiger partial charge in [0, 0.05) is 40.2 Å². The topological polar surface area (TPSA) is 125 Å². The Balaban J connectivity index is 1.67. The van der Waals surface area contributed by atoms with Crippen LogP contribution in [0, 0.1) is 5.92 Å². The lowest BCUT2D eigenvalue weighted by Crippen LogP contribution is -2.45. The zero-order valence-corrected chi connectivity index (χ0v) is 16.9. The lowest BCUT2D eigenvalue weighted by Gasteiger charge is -2.25. The SMILES string of the molecule is [2H][13CH]([13CH]([13CH3])[13CH3])[15N]1CCCC1([2H])C(=O)NCCC(=O)NCCC(=O)ON1C(=O)CCC1=O. The van der Waals surface area contributed by atoms with Crippen LogP contribution in [0.2, 0.25) is 0 Å². The molecule has 10 nitrogen and oxygen atoms in total. The van der Waals surface area contributed by atoms with Crippen LogP contribution in [-0.4, -0.2) is 71.7 Å². The van der Waals surface area contributed by atoms with E-state index >= 15 is 0 Å². The van der Waals surface area contributed by atoms with Gasteiger partial charge in [0.15, 0.2) is 0 Å². The van der Waals surface area contributed by atoms with Gasteiger partial charge < -0.3 is 15.5 Å². The van der Waals surface area contributed by atoms with Crippen molar-refractivity contribution in [2.24, 2.45) is 5.92 Å². The van der Waals surface area contributed by atoms with Gasteiger partial charge in [-0.2, -0.15) is 0 Å². The van der Waals surface area contributed by atoms with Gasteiger partial charge in [0.05, 0.1) is 13.8 Å². The van der Waals surface area contributed by atoms with Gasteiger partial charge in [-0.1, -0.05) is 13.8 Å². The second-order valence-electron chi connectivity index (χ2n) is 7.29. The average molecular weight is 417 g/mol. The first-order valence-electron chi connectivity index (χ1n) is 10.9. The first-order chi connectivity index (χ1) is 14.6. The molecule has 2 aliphatic rings. The third kappa shape index (κ3) is 7.12. The van der Waals surface area contributed by atoms with Crippen molar-refractivity contribution < 1.29 is 31.6 Å². The van der Waals surface area contributed by atoms with E-state index in [1.54, 1.807) is 4.90 Å². The third-order valence-corrected chi connectivity index (χ3v) is 4.39. The maximum Gasteiger partial charge on any atom is 0.334 e. The van der Waals surface area contributed by atoms with Crippen LogP contribution in [0.3, 0.4) is 0 Å². The monoisotopic (exact) mass is 417 g/mol. The molecule has 10 heteroatoms. The summed E-state index contributed by atoms with van der Waals surface area (Å²) < 4.78 is 16.7. The van der Waals surface area contributed by atoms with E-state index in [1.807, 2.05) is 13.8 Å². The molecule has 0 aromatic rings. The second-order valence-corrected chi connectivity index (χ2v) is 7.29. The van der Waals surface area contributed by atoms with E-state index in [0.29, 0.717) is 24.4 Å². The van der Waals surface area contributed by atoms with Gasteiger partial charge in [0.1, 0.15) is 0 Å². The Morgan fingerprint density at radius 1 is 1.17 bits per heavy atom. The molecule has 2 unspecified atom stereocenters. The summed E-state index contributed by atoms with van der Waals surface area (Å²) in [6.07, 6.45) is 0.730. The van der Waals surface area contributed by atoms with E-state index < -0.39 is 42.1 Å². The zero-order valence-electron chi connectivity index (χ0n) is 18.9. The predicted octanol–water partition coefficient (Wildman–Crippen LogP) is -0.273. The molecule has 2 atom stereocenters. The summed E-state index contributed by atoms with van der Waals surface area (Å²) in [5.74, 6) is -2.92. The number of amides is 4. The van der Waals surface area contributed by atoms with Gasteiger partial charge in [0.2, 0.25) is 11.8 Å². The first-order valence-corrected chi connectivity index (χ1v) is 9.87. The minimum Gasteiger partial charge on any atom is -0.355 e. The number of nitrogens with one attached hydrogen (secondary N) is 2. The van der Waals surface area contributed by atoms with Crippen molar-refractivity contribution in [3.8, 4) is 0 Å². The minimum absolute atomic E-state index is 0.00581. The Labute approximate surface area is 173 Å². The predicted molar refractivity (Wildman–Crippen MR) is 102 cm³/mol. The van der Waals surface area contributed by atoms with Crippen molar-refractivity contribution in [2.45, 2.75) is 58.4 Å². The maximum atomic E-state index is 12.5. The largest absolute Gasteiger partial charge is 0.355 e. The summed E-state index contributed by atoms with van der Waals surface area (Å²) in [5.41, 5.74) is 0. The van der Waals surface area contributed by atoms with Crippen LogP contribution in [0.5, 0.6) is 0 Å². The Kier molecular flexibility index (Phi) is 7.44. The number of rotatable bonds is 10. The van der Waals surface area contributed by atoms with E-state index in [-0.39, 0.29) is 44.7 Å². The number of imide groups is 1. The molecule has 0 bridgehead atoms. The number of hydrogen-bond donors (Lipinski definition) is 2. The van der Waals surface area contributed by atoms with Gasteiger partial charge >= 0.3 is 5.97 Å². The van der Waals surface area contributed by atoms with Gasteiger partial charge in [-0.15, -0.1) is 5.06 Å². The Morgan fingerprint density at radius 3 is 2.48 bits per heavy atom. The first kappa shape index (κ1) is 19.8. The van der Waals surface area contributed by atoms with E-state index in [0.717, 1.165) is 0 Å². The average Bonchev–Trinajstić information content (AvgIpc) is 3.25. The van der Waals surface area contributed by atoms with Crippen LogP contribution >= 0.6 is 0 Å². The van der Waals surface area contributed by atoms with Crippen molar-refractivity contribution in [1.82, 2.24) is 20.6 Å². The number of hydrogen-bond acceptors (Lipinski definition) is 7. The van der Waals surface area contributed by atoms with Crippen molar-refractivity contribution in [3.05, 3.63) is 0 Å². The van der Waals surface area contributed by atoms with Crippen LogP contribution in [0.15, 0.2) is 0 Å². The highest BCUT2D eigenvalue weighted by molar-refractivity contribution is 6.01. The fourth-order valence-corrected chi connectivity index (χ4v) is 3.05. The molecule has 29 heavy (non-hydrogen) atoms. The highest BCUT2D eigenvalue weighted by Crippen LogP contribution is 2.18. The molecule has 2 fully saturated rings.